The van der Waals surface area contributed by atoms with E-state index in [1.807, 2.05) is 11.0 Å². The van der Waals surface area contributed by atoms with Gasteiger partial charge in [0.2, 0.25) is 5.88 Å². The molecule has 228 valence electrons. The molecule has 0 radical (unpaired) electrons. The number of aromatic nitrogens is 2. The number of halogens is 2. The molecule has 11 nitrogen and oxygen atoms in total. The van der Waals surface area contributed by atoms with E-state index in [1.165, 1.54) is 31.3 Å². The van der Waals surface area contributed by atoms with E-state index in [1.54, 1.807) is 43.3 Å². The molecule has 1 aliphatic rings. The Morgan fingerprint density at radius 2 is 1.84 bits per heavy atom. The SMILES string of the molecule is CCS(=O)(=O)c1ccc([C@H](CC#N)NC(=O)c2ccc(N3C[C@@H](Oc4ccc(=O)n(C)n4)C[C@H]3COC(F)F)cc2)cc1. The maximum atomic E-state index is 13.1. The molecule has 1 aromatic heterocycles. The first-order chi connectivity index (χ1) is 20.5. The van der Waals surface area contributed by atoms with Gasteiger partial charge < -0.3 is 19.7 Å². The van der Waals surface area contributed by atoms with Crippen LogP contribution in [-0.2, 0) is 21.6 Å². The molecule has 0 bridgehead atoms. The molecule has 1 N–H and O–H groups in total. The molecule has 1 fully saturated rings. The number of ether oxygens (including phenoxy) is 2. The molecular formula is C29H31F2N5O6S. The highest BCUT2D eigenvalue weighted by molar-refractivity contribution is 7.91. The summed E-state index contributed by atoms with van der Waals surface area (Å²) in [6, 6.07) is 16.3. The molecule has 1 saturated heterocycles. The van der Waals surface area contributed by atoms with Gasteiger partial charge in [-0.15, -0.1) is 5.10 Å². The van der Waals surface area contributed by atoms with Gasteiger partial charge in [-0.3, -0.25) is 9.59 Å². The molecule has 1 aliphatic heterocycles. The summed E-state index contributed by atoms with van der Waals surface area (Å²) < 4.78 is 61.6. The summed E-state index contributed by atoms with van der Waals surface area (Å²) in [5, 5.41) is 16.2. The Labute approximate surface area is 247 Å². The van der Waals surface area contributed by atoms with Crippen LogP contribution in [0.5, 0.6) is 5.88 Å². The number of nitrogens with one attached hydrogen (secondary N) is 1. The second kappa shape index (κ2) is 13.7. The third kappa shape index (κ3) is 7.94. The Kier molecular flexibility index (Phi) is 10.1. The Hall–Kier alpha value is -4.35. The van der Waals surface area contributed by atoms with Crippen LogP contribution in [0.1, 0.15) is 41.7 Å². The van der Waals surface area contributed by atoms with Crippen LogP contribution in [0.25, 0.3) is 0 Å². The van der Waals surface area contributed by atoms with Crippen LogP contribution in [0, 0.1) is 11.3 Å². The number of hydrogen-bond donors (Lipinski definition) is 1. The third-order valence-corrected chi connectivity index (χ3v) is 8.85. The Morgan fingerprint density at radius 1 is 1.14 bits per heavy atom. The van der Waals surface area contributed by atoms with Gasteiger partial charge >= 0.3 is 6.61 Å². The van der Waals surface area contributed by atoms with E-state index in [-0.39, 0.29) is 35.1 Å². The van der Waals surface area contributed by atoms with Gasteiger partial charge in [0.25, 0.3) is 11.5 Å². The van der Waals surface area contributed by atoms with E-state index >= 15 is 0 Å². The summed E-state index contributed by atoms with van der Waals surface area (Å²) in [6.45, 7) is -1.32. The van der Waals surface area contributed by atoms with Gasteiger partial charge in [-0.25, -0.2) is 13.1 Å². The predicted molar refractivity (Wildman–Crippen MR) is 153 cm³/mol. The molecule has 0 saturated carbocycles. The zero-order valence-corrected chi connectivity index (χ0v) is 24.3. The molecule has 2 heterocycles. The van der Waals surface area contributed by atoms with Crippen LogP contribution in [0.4, 0.5) is 14.5 Å². The number of benzene rings is 2. The van der Waals surface area contributed by atoms with Crippen molar-refractivity contribution in [3.8, 4) is 11.9 Å². The van der Waals surface area contributed by atoms with Crippen LogP contribution in [0.2, 0.25) is 0 Å². The normalized spacial score (nSPS) is 17.4. The number of anilines is 1. The smallest absolute Gasteiger partial charge is 0.345 e. The van der Waals surface area contributed by atoms with Crippen molar-refractivity contribution in [2.24, 2.45) is 7.05 Å². The first kappa shape index (κ1) is 31.6. The Bertz CT molecular complexity index is 1620. The van der Waals surface area contributed by atoms with Crippen molar-refractivity contribution in [2.75, 3.05) is 23.8 Å². The Balaban J connectivity index is 1.47. The number of rotatable bonds is 12. The van der Waals surface area contributed by atoms with Crippen molar-refractivity contribution in [3.63, 3.8) is 0 Å². The fourth-order valence-electron chi connectivity index (χ4n) is 4.80. The number of nitriles is 1. The second-order valence-electron chi connectivity index (χ2n) is 9.92. The minimum atomic E-state index is -3.39. The highest BCUT2D eigenvalue weighted by atomic mass is 32.2. The van der Waals surface area contributed by atoms with Gasteiger partial charge in [-0.1, -0.05) is 19.1 Å². The number of sulfone groups is 1. The lowest BCUT2D eigenvalue weighted by Crippen LogP contribution is -2.34. The van der Waals surface area contributed by atoms with E-state index in [0.717, 1.165) is 4.68 Å². The number of carbonyl (C=O) groups excluding carboxylic acids is 1. The van der Waals surface area contributed by atoms with Crippen LogP contribution < -0.4 is 20.5 Å². The lowest BCUT2D eigenvalue weighted by molar-refractivity contribution is -0.131. The number of alkyl halides is 2. The highest BCUT2D eigenvalue weighted by Crippen LogP contribution is 2.29. The molecule has 0 unspecified atom stereocenters. The summed E-state index contributed by atoms with van der Waals surface area (Å²) in [6.07, 6.45) is -0.104. The van der Waals surface area contributed by atoms with E-state index in [4.69, 9.17) is 4.74 Å². The number of hydrogen-bond acceptors (Lipinski definition) is 9. The summed E-state index contributed by atoms with van der Waals surface area (Å²) in [4.78, 5) is 26.7. The van der Waals surface area contributed by atoms with E-state index in [9.17, 15) is 32.0 Å². The van der Waals surface area contributed by atoms with E-state index < -0.39 is 40.5 Å². The monoisotopic (exact) mass is 615 g/mol. The second-order valence-corrected chi connectivity index (χ2v) is 12.2. The quantitative estimate of drug-likeness (QED) is 0.325. The van der Waals surface area contributed by atoms with Gasteiger partial charge in [0.05, 0.1) is 48.4 Å². The van der Waals surface area contributed by atoms with Crippen molar-refractivity contribution < 1.29 is 31.5 Å². The number of carbonyl (C=O) groups is 1. The first-order valence-corrected chi connectivity index (χ1v) is 15.1. The zero-order valence-electron chi connectivity index (χ0n) is 23.5. The molecular weight excluding hydrogens is 584 g/mol. The molecule has 3 aromatic rings. The molecule has 0 aliphatic carbocycles. The van der Waals surface area contributed by atoms with Gasteiger partial charge in [-0.2, -0.15) is 14.0 Å². The van der Waals surface area contributed by atoms with Gasteiger partial charge in [-0.05, 0) is 42.0 Å². The summed E-state index contributed by atoms with van der Waals surface area (Å²) in [7, 11) is -1.90. The fourth-order valence-corrected chi connectivity index (χ4v) is 5.68. The molecule has 1 amide bonds. The first-order valence-electron chi connectivity index (χ1n) is 13.5. The largest absolute Gasteiger partial charge is 0.471 e. The molecule has 0 spiro atoms. The zero-order chi connectivity index (χ0) is 31.1. The minimum absolute atomic E-state index is 0.0326. The van der Waals surface area contributed by atoms with E-state index in [2.05, 4.69) is 15.2 Å². The van der Waals surface area contributed by atoms with Crippen molar-refractivity contribution in [1.29, 1.82) is 5.26 Å². The Morgan fingerprint density at radius 3 is 2.44 bits per heavy atom. The number of amides is 1. The number of aryl methyl sites for hydroxylation is 1. The maximum Gasteiger partial charge on any atom is 0.345 e. The average Bonchev–Trinajstić information content (AvgIpc) is 3.40. The average molecular weight is 616 g/mol. The van der Waals surface area contributed by atoms with Crippen LogP contribution in [-0.4, -0.2) is 61.8 Å². The molecule has 2 aromatic carbocycles. The standard InChI is InChI=1S/C29H31F2N5O6S/c1-3-43(39,40)24-10-6-19(7-11-24)25(14-15-32)33-28(38)20-4-8-21(9-5-20)36-17-23(16-22(36)18-41-29(30)31)42-26-12-13-27(37)35(2)34-26/h4-13,22-23,25,29H,3,14,16-18H2,1-2H3,(H,33,38)/t22-,23-,25-/m0/s1. The maximum absolute atomic E-state index is 13.1. The lowest BCUT2D eigenvalue weighted by atomic mass is 10.0. The van der Waals surface area contributed by atoms with Gasteiger partial charge in [0, 0.05) is 36.9 Å². The molecule has 14 heteroatoms. The molecule has 43 heavy (non-hydrogen) atoms. The van der Waals surface area contributed by atoms with Crippen molar-refractivity contribution in [1.82, 2.24) is 15.1 Å². The lowest BCUT2D eigenvalue weighted by Gasteiger charge is -2.26. The predicted octanol–water partition coefficient (Wildman–Crippen LogP) is 3.22. The van der Waals surface area contributed by atoms with Crippen LogP contribution in [0.15, 0.2) is 70.4 Å². The third-order valence-electron chi connectivity index (χ3n) is 7.10. The van der Waals surface area contributed by atoms with E-state index in [0.29, 0.717) is 29.8 Å². The minimum Gasteiger partial charge on any atom is -0.471 e. The number of nitrogens with zero attached hydrogens (tertiary/aromatic N) is 4. The van der Waals surface area contributed by atoms with Crippen molar-refractivity contribution in [2.45, 2.75) is 49.5 Å². The topological polar surface area (TPSA) is 144 Å². The van der Waals surface area contributed by atoms with Crippen molar-refractivity contribution >= 4 is 21.4 Å². The summed E-state index contributed by atoms with van der Waals surface area (Å²) >= 11 is 0. The van der Waals surface area contributed by atoms with Crippen molar-refractivity contribution in [3.05, 3.63) is 82.1 Å². The molecule has 4 rings (SSSR count). The van der Waals surface area contributed by atoms with Gasteiger partial charge in [0.15, 0.2) is 9.84 Å². The highest BCUT2D eigenvalue weighted by Gasteiger charge is 2.35. The van der Waals surface area contributed by atoms with Crippen LogP contribution in [0.3, 0.4) is 0 Å². The summed E-state index contributed by atoms with van der Waals surface area (Å²) in [5.41, 5.74) is 1.24. The summed E-state index contributed by atoms with van der Waals surface area (Å²) in [5.74, 6) is -0.265. The molecule has 3 atom stereocenters. The van der Waals surface area contributed by atoms with Crippen LogP contribution >= 0.6 is 0 Å². The van der Waals surface area contributed by atoms with Gasteiger partial charge in [0.1, 0.15) is 6.10 Å². The fraction of sp³-hybridized carbons (Fsp3) is 0.379.